The number of thioether (sulfide) groups is 3. The molecule has 0 spiro atoms. The van der Waals surface area contributed by atoms with Gasteiger partial charge >= 0.3 is 5.97 Å². The van der Waals surface area contributed by atoms with Gasteiger partial charge < -0.3 is 10.1 Å². The average molecular weight is 926 g/mol. The van der Waals surface area contributed by atoms with E-state index in [1.54, 1.807) is 0 Å². The van der Waals surface area contributed by atoms with E-state index in [1.807, 2.05) is 81.4 Å². The lowest BCUT2D eigenvalue weighted by molar-refractivity contribution is -0.128. The number of thiophene rings is 3. The van der Waals surface area contributed by atoms with Gasteiger partial charge in [-0.25, -0.2) is 4.79 Å². The molecule has 9 heteroatoms. The number of fused-ring (bicyclic) bond motifs is 10. The van der Waals surface area contributed by atoms with Gasteiger partial charge in [-0.15, -0.1) is 69.3 Å². The standard InChI is InChI=1S/C54H39NO2S6/c1-2-50(56)57-35-27-28-36-34(29-35)13-9-20-43(36)55-30-54(31-58-47-24-10-17-40-37-14-3-6-21-44(37)61-51(40)47,32-59-48-25-11-18-41-38-15-4-7-22-45(38)62-52(41)48)33-60-49-26-12-19-42-39-16-5-8-23-46(39)63-53(42)49/h2-29,55H,1,30-33H2. The summed E-state index contributed by atoms with van der Waals surface area (Å²) in [6, 6.07) is 59.0. The summed E-state index contributed by atoms with van der Waals surface area (Å²) in [5.41, 5.74) is 0.862. The summed E-state index contributed by atoms with van der Waals surface area (Å²) in [7, 11) is 0. The molecule has 0 aliphatic carbocycles. The number of anilines is 1. The topological polar surface area (TPSA) is 38.3 Å². The zero-order valence-electron chi connectivity index (χ0n) is 34.0. The number of rotatable bonds is 14. The summed E-state index contributed by atoms with van der Waals surface area (Å²) in [4.78, 5) is 16.1. The molecule has 0 atom stereocenters. The van der Waals surface area contributed by atoms with Crippen molar-refractivity contribution >= 4 is 152 Å². The van der Waals surface area contributed by atoms with Crippen LogP contribution < -0.4 is 10.1 Å². The second kappa shape index (κ2) is 17.4. The maximum Gasteiger partial charge on any atom is 0.335 e. The number of nitrogens with one attached hydrogen (secondary N) is 1. The van der Waals surface area contributed by atoms with Crippen molar-refractivity contribution in [1.29, 1.82) is 0 Å². The molecule has 0 radical (unpaired) electrons. The number of carbonyl (C=O) groups is 1. The highest BCUT2D eigenvalue weighted by atomic mass is 32.2. The maximum absolute atomic E-state index is 12.1. The molecule has 0 saturated heterocycles. The molecular formula is C54H39NO2S6. The van der Waals surface area contributed by atoms with Crippen LogP contribution in [0.5, 0.6) is 5.75 Å². The Labute approximate surface area is 390 Å². The summed E-state index contributed by atoms with van der Waals surface area (Å²) in [5.74, 6) is 2.76. The van der Waals surface area contributed by atoms with Crippen LogP contribution in [-0.4, -0.2) is 29.8 Å². The molecule has 3 heterocycles. The molecule has 3 nitrogen and oxygen atoms in total. The van der Waals surface area contributed by atoms with Crippen molar-refractivity contribution < 1.29 is 9.53 Å². The fourth-order valence-electron chi connectivity index (χ4n) is 8.40. The van der Waals surface area contributed by atoms with Crippen molar-refractivity contribution in [2.75, 3.05) is 29.1 Å². The van der Waals surface area contributed by atoms with E-state index in [0.29, 0.717) is 5.75 Å². The van der Waals surface area contributed by atoms with E-state index in [4.69, 9.17) is 4.74 Å². The van der Waals surface area contributed by atoms with Crippen molar-refractivity contribution in [2.45, 2.75) is 14.7 Å². The van der Waals surface area contributed by atoms with E-state index < -0.39 is 5.97 Å². The lowest BCUT2D eigenvalue weighted by Crippen LogP contribution is -2.37. The zero-order valence-corrected chi connectivity index (χ0v) is 38.9. The number of benzene rings is 8. The molecule has 0 unspecified atom stereocenters. The zero-order chi connectivity index (χ0) is 42.3. The molecule has 0 amide bonds. The predicted octanol–water partition coefficient (Wildman–Crippen LogP) is 16.8. The third-order valence-electron chi connectivity index (χ3n) is 11.6. The second-order valence-corrected chi connectivity index (χ2v) is 21.9. The third-order valence-corrected chi connectivity index (χ3v) is 19.9. The van der Waals surface area contributed by atoms with E-state index in [2.05, 4.69) is 164 Å². The lowest BCUT2D eigenvalue weighted by Gasteiger charge is -2.34. The van der Waals surface area contributed by atoms with Crippen LogP contribution in [0, 0.1) is 5.41 Å². The molecule has 308 valence electrons. The Bertz CT molecular complexity index is 3250. The lowest BCUT2D eigenvalue weighted by atomic mass is 9.95. The van der Waals surface area contributed by atoms with Gasteiger partial charge in [0.1, 0.15) is 5.75 Å². The molecule has 0 fully saturated rings. The van der Waals surface area contributed by atoms with Gasteiger partial charge in [0.05, 0.1) is 0 Å². The first kappa shape index (κ1) is 40.5. The smallest absolute Gasteiger partial charge is 0.335 e. The largest absolute Gasteiger partial charge is 0.423 e. The van der Waals surface area contributed by atoms with E-state index in [-0.39, 0.29) is 5.41 Å². The van der Waals surface area contributed by atoms with Gasteiger partial charge in [-0.3, -0.25) is 0 Å². The van der Waals surface area contributed by atoms with Gasteiger partial charge in [0, 0.05) is 122 Å². The summed E-state index contributed by atoms with van der Waals surface area (Å²) >= 11 is 11.7. The monoisotopic (exact) mass is 925 g/mol. The SMILES string of the molecule is C=CC(=O)Oc1ccc2c(NCC(CSc3cccc4c3sc3ccccc34)(CSc3cccc4c3sc3ccccc34)CSc3cccc4c3sc3ccccc34)cccc2c1. The normalized spacial score (nSPS) is 12.1. The Kier molecular flexibility index (Phi) is 11.2. The quantitative estimate of drug-likeness (QED) is 0.0507. The molecule has 8 aromatic carbocycles. The Morgan fingerprint density at radius 3 is 1.44 bits per heavy atom. The Balaban J connectivity index is 1.01. The second-order valence-electron chi connectivity index (χ2n) is 15.7. The Morgan fingerprint density at radius 1 is 0.524 bits per heavy atom. The van der Waals surface area contributed by atoms with Crippen LogP contribution >= 0.6 is 69.3 Å². The maximum atomic E-state index is 12.1. The van der Waals surface area contributed by atoms with Crippen LogP contribution in [0.2, 0.25) is 0 Å². The van der Waals surface area contributed by atoms with Crippen molar-refractivity contribution in [3.8, 4) is 5.75 Å². The number of ether oxygens (including phenoxy) is 1. The van der Waals surface area contributed by atoms with Gasteiger partial charge in [-0.1, -0.05) is 110 Å². The summed E-state index contributed by atoms with van der Waals surface area (Å²) in [6.07, 6.45) is 1.19. The number of hydrogen-bond donors (Lipinski definition) is 1. The summed E-state index contributed by atoms with van der Waals surface area (Å²) in [5, 5.41) is 14.1. The first-order valence-corrected chi connectivity index (χ1v) is 26.1. The number of hydrogen-bond acceptors (Lipinski definition) is 9. The molecule has 0 saturated carbocycles. The Hall–Kier alpha value is -5.26. The van der Waals surface area contributed by atoms with E-state index >= 15 is 0 Å². The molecule has 1 N–H and O–H groups in total. The average Bonchev–Trinajstić information content (AvgIpc) is 4.03. The minimum atomic E-state index is -0.468. The van der Waals surface area contributed by atoms with E-state index in [9.17, 15) is 4.79 Å². The highest BCUT2D eigenvalue weighted by molar-refractivity contribution is 8.01. The minimum absolute atomic E-state index is 0.196. The van der Waals surface area contributed by atoms with Crippen molar-refractivity contribution in [3.05, 3.63) is 176 Å². The van der Waals surface area contributed by atoms with Crippen molar-refractivity contribution in [2.24, 2.45) is 5.41 Å². The summed E-state index contributed by atoms with van der Waals surface area (Å²) in [6.45, 7) is 4.32. The van der Waals surface area contributed by atoms with E-state index in [0.717, 1.165) is 40.3 Å². The molecule has 3 aromatic heterocycles. The van der Waals surface area contributed by atoms with Crippen LogP contribution in [0.15, 0.2) is 191 Å². The van der Waals surface area contributed by atoms with Gasteiger partial charge in [0.2, 0.25) is 0 Å². The fraction of sp³-hybridized carbons (Fsp3) is 0.0926. The van der Waals surface area contributed by atoms with Crippen LogP contribution in [0.3, 0.4) is 0 Å². The van der Waals surface area contributed by atoms with Gasteiger partial charge in [0.15, 0.2) is 0 Å². The van der Waals surface area contributed by atoms with Gasteiger partial charge in [-0.2, -0.15) is 0 Å². The van der Waals surface area contributed by atoms with Crippen LogP contribution in [0.1, 0.15) is 0 Å². The van der Waals surface area contributed by atoms with Crippen LogP contribution in [0.4, 0.5) is 5.69 Å². The third kappa shape index (κ3) is 7.90. The molecule has 63 heavy (non-hydrogen) atoms. The first-order valence-electron chi connectivity index (χ1n) is 20.7. The minimum Gasteiger partial charge on any atom is -0.423 e. The molecular weight excluding hydrogens is 887 g/mol. The Morgan fingerprint density at radius 2 is 0.968 bits per heavy atom. The van der Waals surface area contributed by atoms with Crippen molar-refractivity contribution in [3.63, 3.8) is 0 Å². The molecule has 11 aromatic rings. The predicted molar refractivity (Wildman–Crippen MR) is 281 cm³/mol. The van der Waals surface area contributed by atoms with Crippen LogP contribution in [-0.2, 0) is 4.79 Å². The number of esters is 1. The molecule has 0 aliphatic rings. The summed E-state index contributed by atoms with van der Waals surface area (Å²) < 4.78 is 13.6. The van der Waals surface area contributed by atoms with Crippen molar-refractivity contribution in [1.82, 2.24) is 0 Å². The molecule has 0 bridgehead atoms. The highest BCUT2D eigenvalue weighted by Crippen LogP contribution is 2.47. The fourth-order valence-corrected chi connectivity index (χ4v) is 16.6. The molecule has 0 aliphatic heterocycles. The van der Waals surface area contributed by atoms with Gasteiger partial charge in [-0.05, 0) is 66.0 Å². The number of carbonyl (C=O) groups excluding carboxylic acids is 1. The highest BCUT2D eigenvalue weighted by Gasteiger charge is 2.33. The van der Waals surface area contributed by atoms with Crippen LogP contribution in [0.25, 0.3) is 71.3 Å². The van der Waals surface area contributed by atoms with Gasteiger partial charge in [0.25, 0.3) is 0 Å². The van der Waals surface area contributed by atoms with E-state index in [1.165, 1.54) is 81.3 Å². The first-order chi connectivity index (χ1) is 31.0. The molecule has 11 rings (SSSR count).